The quantitative estimate of drug-likeness (QED) is 0.574. The number of hydrogen-bond acceptors (Lipinski definition) is 4. The summed E-state index contributed by atoms with van der Waals surface area (Å²) in [7, 11) is 3.04. The van der Waals surface area contributed by atoms with Crippen molar-refractivity contribution in [3.8, 4) is 5.75 Å². The van der Waals surface area contributed by atoms with Crippen LogP contribution in [-0.2, 0) is 16.0 Å². The summed E-state index contributed by atoms with van der Waals surface area (Å²) in [6, 6.07) is 17.0. The molecule has 138 valence electrons. The van der Waals surface area contributed by atoms with Crippen LogP contribution in [0.5, 0.6) is 5.75 Å². The van der Waals surface area contributed by atoms with Crippen molar-refractivity contribution in [1.29, 1.82) is 0 Å². The fourth-order valence-electron chi connectivity index (χ4n) is 2.78. The van der Waals surface area contributed by atoms with E-state index in [1.54, 1.807) is 7.11 Å². The highest BCUT2D eigenvalue weighted by Crippen LogP contribution is 2.26. The van der Waals surface area contributed by atoms with Gasteiger partial charge in [-0.05, 0) is 23.3 Å². The molecule has 0 radical (unpaired) electrons. The third kappa shape index (κ3) is 5.19. The van der Waals surface area contributed by atoms with Crippen molar-refractivity contribution in [2.24, 2.45) is 10.4 Å². The average Bonchev–Trinajstić information content (AvgIpc) is 2.64. The third-order valence-electron chi connectivity index (χ3n) is 4.08. The van der Waals surface area contributed by atoms with Gasteiger partial charge in [0.2, 0.25) is 0 Å². The lowest BCUT2D eigenvalue weighted by atomic mass is 9.85. The van der Waals surface area contributed by atoms with Crippen molar-refractivity contribution in [2.45, 2.75) is 33.2 Å². The Bertz CT molecular complexity index is 760. The fourth-order valence-corrected chi connectivity index (χ4v) is 2.78. The smallest absolute Gasteiger partial charge is 0.330 e. The molecule has 1 atom stereocenters. The van der Waals surface area contributed by atoms with E-state index in [0.29, 0.717) is 6.42 Å². The molecule has 0 spiro atoms. The number of benzene rings is 2. The van der Waals surface area contributed by atoms with Gasteiger partial charge >= 0.3 is 5.97 Å². The van der Waals surface area contributed by atoms with Crippen molar-refractivity contribution in [1.82, 2.24) is 0 Å². The van der Waals surface area contributed by atoms with Crippen LogP contribution in [0.4, 0.5) is 0 Å². The number of carbonyl (C=O) groups is 1. The van der Waals surface area contributed by atoms with Crippen molar-refractivity contribution >= 4 is 11.7 Å². The van der Waals surface area contributed by atoms with E-state index in [2.05, 4.69) is 20.8 Å². The van der Waals surface area contributed by atoms with Gasteiger partial charge < -0.3 is 9.47 Å². The molecule has 26 heavy (non-hydrogen) atoms. The van der Waals surface area contributed by atoms with Gasteiger partial charge in [0, 0.05) is 17.5 Å². The first-order valence-corrected chi connectivity index (χ1v) is 8.69. The molecule has 0 amide bonds. The Hall–Kier alpha value is -2.62. The third-order valence-corrected chi connectivity index (χ3v) is 4.08. The van der Waals surface area contributed by atoms with Crippen LogP contribution in [-0.4, -0.2) is 31.9 Å². The van der Waals surface area contributed by atoms with E-state index in [0.717, 1.165) is 22.6 Å². The molecule has 0 aliphatic heterocycles. The summed E-state index contributed by atoms with van der Waals surface area (Å²) >= 11 is 0. The number of rotatable bonds is 6. The number of ether oxygens (including phenoxy) is 2. The van der Waals surface area contributed by atoms with E-state index in [-0.39, 0.29) is 11.4 Å². The second kappa shape index (κ2) is 8.65. The van der Waals surface area contributed by atoms with E-state index in [4.69, 9.17) is 14.5 Å². The number of methoxy groups -OCH3 is 2. The van der Waals surface area contributed by atoms with Gasteiger partial charge in [-0.15, -0.1) is 0 Å². The van der Waals surface area contributed by atoms with Gasteiger partial charge in [-0.1, -0.05) is 63.2 Å². The van der Waals surface area contributed by atoms with Crippen molar-refractivity contribution < 1.29 is 14.3 Å². The zero-order valence-electron chi connectivity index (χ0n) is 16.2. The monoisotopic (exact) mass is 353 g/mol. The molecule has 0 bridgehead atoms. The molecule has 0 fully saturated rings. The number of hydrogen-bond donors (Lipinski definition) is 0. The van der Waals surface area contributed by atoms with Crippen LogP contribution in [0.3, 0.4) is 0 Å². The normalized spacial score (nSPS) is 13.2. The van der Waals surface area contributed by atoms with Crippen LogP contribution < -0.4 is 4.74 Å². The minimum atomic E-state index is -0.595. The van der Waals surface area contributed by atoms with Gasteiger partial charge in [0.25, 0.3) is 0 Å². The summed E-state index contributed by atoms with van der Waals surface area (Å²) in [5.74, 6) is 0.427. The number of esters is 1. The van der Waals surface area contributed by atoms with Gasteiger partial charge in [0.1, 0.15) is 5.75 Å². The molecule has 0 saturated heterocycles. The maximum atomic E-state index is 12.4. The van der Waals surface area contributed by atoms with Gasteiger partial charge in [0.15, 0.2) is 6.04 Å². The standard InChI is InChI=1S/C22H27NO3/c1-22(2,3)20(17-12-9-13-18(15-17)25-4)23-19(21(24)26-5)14-16-10-7-6-8-11-16/h6-13,15,19H,14H2,1-5H3. The Morgan fingerprint density at radius 2 is 1.73 bits per heavy atom. The van der Waals surface area contributed by atoms with Gasteiger partial charge in [-0.25, -0.2) is 4.79 Å². The second-order valence-electron chi connectivity index (χ2n) is 7.19. The van der Waals surface area contributed by atoms with Crippen molar-refractivity contribution in [2.75, 3.05) is 14.2 Å². The summed E-state index contributed by atoms with van der Waals surface area (Å²) in [6.07, 6.45) is 0.497. The Labute approximate surface area is 155 Å². The first-order chi connectivity index (χ1) is 12.3. The minimum Gasteiger partial charge on any atom is -0.497 e. The summed E-state index contributed by atoms with van der Waals surface area (Å²) in [6.45, 7) is 6.26. The van der Waals surface area contributed by atoms with E-state index >= 15 is 0 Å². The SMILES string of the molecule is COC(=O)C(Cc1ccccc1)N=C(c1cccc(OC)c1)C(C)(C)C. The molecule has 4 heteroatoms. The molecule has 2 aromatic rings. The molecule has 4 nitrogen and oxygen atoms in total. The molecule has 0 heterocycles. The summed E-state index contributed by atoms with van der Waals surface area (Å²) in [5.41, 5.74) is 2.60. The van der Waals surface area contributed by atoms with Crippen LogP contribution >= 0.6 is 0 Å². The van der Waals surface area contributed by atoms with Crippen LogP contribution in [0.25, 0.3) is 0 Å². The highest BCUT2D eigenvalue weighted by atomic mass is 16.5. The zero-order chi connectivity index (χ0) is 19.2. The number of carbonyl (C=O) groups excluding carboxylic acids is 1. The highest BCUT2D eigenvalue weighted by molar-refractivity contribution is 6.05. The molecular weight excluding hydrogens is 326 g/mol. The number of aliphatic imine (C=N–C) groups is 1. The molecule has 0 N–H and O–H groups in total. The maximum absolute atomic E-state index is 12.4. The first kappa shape index (κ1) is 19.7. The largest absolute Gasteiger partial charge is 0.497 e. The Kier molecular flexibility index (Phi) is 6.56. The Morgan fingerprint density at radius 3 is 2.31 bits per heavy atom. The van der Waals surface area contributed by atoms with E-state index in [1.807, 2.05) is 54.6 Å². The summed E-state index contributed by atoms with van der Waals surface area (Å²) in [5, 5.41) is 0. The highest BCUT2D eigenvalue weighted by Gasteiger charge is 2.26. The lowest BCUT2D eigenvalue weighted by Gasteiger charge is -2.24. The molecule has 0 saturated carbocycles. The molecule has 2 aromatic carbocycles. The lowest BCUT2D eigenvalue weighted by molar-refractivity contribution is -0.142. The molecule has 1 unspecified atom stereocenters. The van der Waals surface area contributed by atoms with Gasteiger partial charge in [0.05, 0.1) is 14.2 Å². The fraction of sp³-hybridized carbons (Fsp3) is 0.364. The van der Waals surface area contributed by atoms with Crippen molar-refractivity contribution in [3.63, 3.8) is 0 Å². The number of nitrogens with zero attached hydrogens (tertiary/aromatic N) is 1. The van der Waals surface area contributed by atoms with Crippen LogP contribution in [0.2, 0.25) is 0 Å². The zero-order valence-corrected chi connectivity index (χ0v) is 16.2. The van der Waals surface area contributed by atoms with Gasteiger partial charge in [-0.2, -0.15) is 0 Å². The van der Waals surface area contributed by atoms with Crippen LogP contribution in [0, 0.1) is 5.41 Å². The van der Waals surface area contributed by atoms with Crippen LogP contribution in [0.1, 0.15) is 31.9 Å². The molecule has 0 aliphatic carbocycles. The minimum absolute atomic E-state index is 0.241. The molecule has 2 rings (SSSR count). The molecule has 0 aliphatic rings. The van der Waals surface area contributed by atoms with E-state index < -0.39 is 6.04 Å². The maximum Gasteiger partial charge on any atom is 0.330 e. The first-order valence-electron chi connectivity index (χ1n) is 8.69. The predicted octanol–water partition coefficient (Wildman–Crippen LogP) is 4.31. The van der Waals surface area contributed by atoms with Crippen molar-refractivity contribution in [3.05, 3.63) is 65.7 Å². The van der Waals surface area contributed by atoms with Crippen LogP contribution in [0.15, 0.2) is 59.6 Å². The van der Waals surface area contributed by atoms with E-state index in [1.165, 1.54) is 7.11 Å². The summed E-state index contributed by atoms with van der Waals surface area (Å²) in [4.78, 5) is 17.2. The topological polar surface area (TPSA) is 47.9 Å². The van der Waals surface area contributed by atoms with Gasteiger partial charge in [-0.3, -0.25) is 4.99 Å². The molecule has 0 aromatic heterocycles. The summed E-state index contributed by atoms with van der Waals surface area (Å²) < 4.78 is 10.3. The Morgan fingerprint density at radius 1 is 1.04 bits per heavy atom. The lowest BCUT2D eigenvalue weighted by Crippen LogP contribution is -2.29. The average molecular weight is 353 g/mol. The van der Waals surface area contributed by atoms with E-state index in [9.17, 15) is 4.79 Å². The predicted molar refractivity (Wildman–Crippen MR) is 105 cm³/mol. The second-order valence-corrected chi connectivity index (χ2v) is 7.19. The Balaban J connectivity index is 2.47. The molecular formula is C22H27NO3.